The molecule has 0 aliphatic heterocycles. The molecule has 150 valence electrons. The SMILES string of the molecule is COc1cc(C(=O)NNC(=O)Cc2ccc(Br)cc2)ccc1OCCC(C)C. The molecule has 0 radical (unpaired) electrons. The van der Waals surface area contributed by atoms with Gasteiger partial charge < -0.3 is 9.47 Å². The number of halogens is 1. The van der Waals surface area contributed by atoms with Crippen molar-refractivity contribution in [2.75, 3.05) is 13.7 Å². The van der Waals surface area contributed by atoms with Gasteiger partial charge in [-0.1, -0.05) is 41.9 Å². The van der Waals surface area contributed by atoms with Crippen LogP contribution in [-0.2, 0) is 11.2 Å². The largest absolute Gasteiger partial charge is 0.493 e. The Balaban J connectivity index is 1.90. The first-order chi connectivity index (χ1) is 13.4. The molecule has 0 atom stereocenters. The molecule has 0 unspecified atom stereocenters. The third-order valence-corrected chi connectivity index (χ3v) is 4.50. The Labute approximate surface area is 173 Å². The Kier molecular flexibility index (Phi) is 8.32. The van der Waals surface area contributed by atoms with Gasteiger partial charge in [0.25, 0.3) is 5.91 Å². The van der Waals surface area contributed by atoms with Gasteiger partial charge in [0.2, 0.25) is 5.91 Å². The molecule has 2 rings (SSSR count). The fourth-order valence-corrected chi connectivity index (χ4v) is 2.63. The highest BCUT2D eigenvalue weighted by Gasteiger charge is 2.12. The van der Waals surface area contributed by atoms with Crippen LogP contribution < -0.4 is 20.3 Å². The van der Waals surface area contributed by atoms with Crippen molar-refractivity contribution >= 4 is 27.7 Å². The number of benzene rings is 2. The van der Waals surface area contributed by atoms with Gasteiger partial charge in [-0.05, 0) is 48.2 Å². The number of carbonyl (C=O) groups is 2. The van der Waals surface area contributed by atoms with Gasteiger partial charge in [0.15, 0.2) is 11.5 Å². The zero-order valence-corrected chi connectivity index (χ0v) is 17.8. The van der Waals surface area contributed by atoms with E-state index in [0.29, 0.717) is 29.6 Å². The van der Waals surface area contributed by atoms with E-state index in [1.54, 1.807) is 18.2 Å². The van der Waals surface area contributed by atoms with Crippen LogP contribution in [0.4, 0.5) is 0 Å². The van der Waals surface area contributed by atoms with Crippen molar-refractivity contribution in [3.63, 3.8) is 0 Å². The van der Waals surface area contributed by atoms with Gasteiger partial charge in [0, 0.05) is 10.0 Å². The summed E-state index contributed by atoms with van der Waals surface area (Å²) in [5, 5.41) is 0. The maximum Gasteiger partial charge on any atom is 0.269 e. The van der Waals surface area contributed by atoms with Gasteiger partial charge in [0.05, 0.1) is 20.1 Å². The van der Waals surface area contributed by atoms with Crippen LogP contribution in [0, 0.1) is 5.92 Å². The second-order valence-electron chi connectivity index (χ2n) is 6.70. The molecule has 2 aromatic rings. The summed E-state index contributed by atoms with van der Waals surface area (Å²) in [6.07, 6.45) is 1.09. The van der Waals surface area contributed by atoms with Crippen molar-refractivity contribution < 1.29 is 19.1 Å². The van der Waals surface area contributed by atoms with Gasteiger partial charge in [-0.15, -0.1) is 0 Å². The Hall–Kier alpha value is -2.54. The average molecular weight is 449 g/mol. The molecule has 2 aromatic carbocycles. The lowest BCUT2D eigenvalue weighted by molar-refractivity contribution is -0.121. The molecular formula is C21H25BrN2O4. The quantitative estimate of drug-likeness (QED) is 0.600. The first-order valence-electron chi connectivity index (χ1n) is 9.03. The van der Waals surface area contributed by atoms with Crippen LogP contribution in [0.2, 0.25) is 0 Å². The Morgan fingerprint density at radius 2 is 1.75 bits per heavy atom. The lowest BCUT2D eigenvalue weighted by Gasteiger charge is -2.13. The fourth-order valence-electron chi connectivity index (χ4n) is 2.36. The van der Waals surface area contributed by atoms with E-state index >= 15 is 0 Å². The zero-order valence-electron chi connectivity index (χ0n) is 16.3. The maximum atomic E-state index is 12.3. The molecule has 0 saturated heterocycles. The van der Waals surface area contributed by atoms with Crippen LogP contribution in [0.25, 0.3) is 0 Å². The van der Waals surface area contributed by atoms with Crippen LogP contribution in [0.3, 0.4) is 0 Å². The predicted molar refractivity (Wildman–Crippen MR) is 111 cm³/mol. The first kappa shape index (κ1) is 21.8. The number of nitrogens with one attached hydrogen (secondary N) is 2. The normalized spacial score (nSPS) is 10.5. The molecule has 28 heavy (non-hydrogen) atoms. The Bertz CT molecular complexity index is 807. The van der Waals surface area contributed by atoms with Crippen molar-refractivity contribution in [1.82, 2.24) is 10.9 Å². The number of hydrogen-bond donors (Lipinski definition) is 2. The van der Waals surface area contributed by atoms with E-state index in [4.69, 9.17) is 9.47 Å². The number of hydrazine groups is 1. The second kappa shape index (κ2) is 10.7. The molecule has 0 aliphatic rings. The number of hydrogen-bond acceptors (Lipinski definition) is 4. The lowest BCUT2D eigenvalue weighted by atomic mass is 10.1. The fraction of sp³-hybridized carbons (Fsp3) is 0.333. The summed E-state index contributed by atoms with van der Waals surface area (Å²) in [6.45, 7) is 4.82. The van der Waals surface area contributed by atoms with Crippen LogP contribution in [0.1, 0.15) is 36.2 Å². The van der Waals surface area contributed by atoms with Crippen molar-refractivity contribution in [2.45, 2.75) is 26.7 Å². The van der Waals surface area contributed by atoms with Crippen LogP contribution in [0.15, 0.2) is 46.9 Å². The number of rotatable bonds is 8. The van der Waals surface area contributed by atoms with Crippen LogP contribution in [0.5, 0.6) is 11.5 Å². The average Bonchev–Trinajstić information content (AvgIpc) is 2.67. The number of methoxy groups -OCH3 is 1. The van der Waals surface area contributed by atoms with E-state index in [1.165, 1.54) is 7.11 Å². The Morgan fingerprint density at radius 1 is 1.04 bits per heavy atom. The van der Waals surface area contributed by atoms with Crippen LogP contribution in [-0.4, -0.2) is 25.5 Å². The first-order valence-corrected chi connectivity index (χ1v) is 9.82. The van der Waals surface area contributed by atoms with Crippen molar-refractivity contribution in [3.8, 4) is 11.5 Å². The third-order valence-electron chi connectivity index (χ3n) is 3.97. The molecule has 0 bridgehead atoms. The summed E-state index contributed by atoms with van der Waals surface area (Å²) in [5.74, 6) is 0.848. The highest BCUT2D eigenvalue weighted by Crippen LogP contribution is 2.28. The van der Waals surface area contributed by atoms with Crippen LogP contribution >= 0.6 is 15.9 Å². The highest BCUT2D eigenvalue weighted by molar-refractivity contribution is 9.10. The number of ether oxygens (including phenoxy) is 2. The summed E-state index contributed by atoms with van der Waals surface area (Å²) in [7, 11) is 1.52. The van der Waals surface area contributed by atoms with E-state index in [1.807, 2.05) is 24.3 Å². The van der Waals surface area contributed by atoms with E-state index < -0.39 is 5.91 Å². The molecule has 2 N–H and O–H groups in total. The monoisotopic (exact) mass is 448 g/mol. The molecule has 0 aliphatic carbocycles. The minimum absolute atomic E-state index is 0.166. The summed E-state index contributed by atoms with van der Waals surface area (Å²) < 4.78 is 12.0. The Morgan fingerprint density at radius 3 is 2.39 bits per heavy atom. The highest BCUT2D eigenvalue weighted by atomic mass is 79.9. The van der Waals surface area contributed by atoms with Gasteiger partial charge in [-0.25, -0.2) is 0 Å². The summed E-state index contributed by atoms with van der Waals surface area (Å²) in [4.78, 5) is 24.3. The lowest BCUT2D eigenvalue weighted by Crippen LogP contribution is -2.42. The standard InChI is InChI=1S/C21H25BrN2O4/c1-14(2)10-11-28-18-9-6-16(13-19(18)27-3)21(26)24-23-20(25)12-15-4-7-17(22)8-5-15/h4-9,13-14H,10-12H2,1-3H3,(H,23,25)(H,24,26). The van der Waals surface area contributed by atoms with E-state index in [-0.39, 0.29) is 12.3 Å². The molecule has 0 aromatic heterocycles. The van der Waals surface area contributed by atoms with Crippen molar-refractivity contribution in [2.24, 2.45) is 5.92 Å². The molecule has 0 fully saturated rings. The molecule has 7 heteroatoms. The molecule has 6 nitrogen and oxygen atoms in total. The molecule has 0 saturated carbocycles. The summed E-state index contributed by atoms with van der Waals surface area (Å²) >= 11 is 3.35. The predicted octanol–water partition coefficient (Wildman–Crippen LogP) is 3.89. The van der Waals surface area contributed by atoms with Crippen molar-refractivity contribution in [1.29, 1.82) is 0 Å². The van der Waals surface area contributed by atoms with Crippen molar-refractivity contribution in [3.05, 3.63) is 58.1 Å². The zero-order chi connectivity index (χ0) is 20.5. The van der Waals surface area contributed by atoms with Gasteiger partial charge >= 0.3 is 0 Å². The summed E-state index contributed by atoms with van der Waals surface area (Å²) in [5.41, 5.74) is 6.04. The minimum atomic E-state index is -0.434. The van der Waals surface area contributed by atoms with Gasteiger partial charge in [-0.2, -0.15) is 0 Å². The minimum Gasteiger partial charge on any atom is -0.493 e. The maximum absolute atomic E-state index is 12.3. The van der Waals surface area contributed by atoms with Gasteiger partial charge in [0.1, 0.15) is 0 Å². The van der Waals surface area contributed by atoms with Gasteiger partial charge in [-0.3, -0.25) is 20.4 Å². The molecular weight excluding hydrogens is 424 g/mol. The van der Waals surface area contributed by atoms with E-state index in [2.05, 4.69) is 40.6 Å². The summed E-state index contributed by atoms with van der Waals surface area (Å²) in [6, 6.07) is 12.3. The molecule has 0 spiro atoms. The molecule has 0 heterocycles. The topological polar surface area (TPSA) is 76.7 Å². The smallest absolute Gasteiger partial charge is 0.269 e. The van der Waals surface area contributed by atoms with E-state index in [9.17, 15) is 9.59 Å². The number of carbonyl (C=O) groups excluding carboxylic acids is 2. The molecule has 2 amide bonds. The second-order valence-corrected chi connectivity index (χ2v) is 7.62. The van der Waals surface area contributed by atoms with E-state index in [0.717, 1.165) is 16.5 Å². The third kappa shape index (κ3) is 6.88. The number of amides is 2.